The molecule has 0 saturated heterocycles. The van der Waals surface area contributed by atoms with E-state index in [9.17, 15) is 24.3 Å². The normalized spacial score (nSPS) is 12.8. The summed E-state index contributed by atoms with van der Waals surface area (Å²) in [6, 6.07) is 9.27. The SMILES string of the molecule is Cc1ccccc1-c1cc(C[C@H](N)C(=O)O)c(O)c(CP(=O)(O)O)c1. The lowest BCUT2D eigenvalue weighted by Gasteiger charge is -2.16. The first kappa shape index (κ1) is 19.1. The number of carbonyl (C=O) groups is 1. The van der Waals surface area contributed by atoms with E-state index in [4.69, 9.17) is 10.8 Å². The molecule has 0 amide bonds. The molecule has 0 radical (unpaired) electrons. The molecular weight excluding hydrogens is 345 g/mol. The summed E-state index contributed by atoms with van der Waals surface area (Å²) in [5.41, 5.74) is 8.23. The molecule has 25 heavy (non-hydrogen) atoms. The molecule has 2 rings (SSSR count). The highest BCUT2D eigenvalue weighted by Crippen LogP contribution is 2.43. The van der Waals surface area contributed by atoms with Gasteiger partial charge in [-0.15, -0.1) is 0 Å². The average Bonchev–Trinajstić information content (AvgIpc) is 2.50. The highest BCUT2D eigenvalue weighted by Gasteiger charge is 2.22. The number of hydrogen-bond acceptors (Lipinski definition) is 4. The zero-order valence-corrected chi connectivity index (χ0v) is 14.5. The Kier molecular flexibility index (Phi) is 5.65. The van der Waals surface area contributed by atoms with Crippen molar-refractivity contribution in [3.05, 3.63) is 53.1 Å². The minimum atomic E-state index is -4.42. The molecule has 0 aliphatic rings. The Bertz CT molecular complexity index is 845. The van der Waals surface area contributed by atoms with Gasteiger partial charge in [0, 0.05) is 12.0 Å². The molecule has 1 atom stereocenters. The largest absolute Gasteiger partial charge is 0.507 e. The third kappa shape index (κ3) is 4.90. The summed E-state index contributed by atoms with van der Waals surface area (Å²) < 4.78 is 11.4. The molecule has 2 aromatic carbocycles. The number of carboxylic acid groups (broad SMARTS) is 1. The number of nitrogens with two attached hydrogens (primary N) is 1. The lowest BCUT2D eigenvalue weighted by Crippen LogP contribution is -2.32. The van der Waals surface area contributed by atoms with Crippen molar-refractivity contribution in [2.45, 2.75) is 25.5 Å². The fraction of sp³-hybridized carbons (Fsp3) is 0.235. The van der Waals surface area contributed by atoms with Gasteiger partial charge in [0.25, 0.3) is 0 Å². The van der Waals surface area contributed by atoms with Crippen molar-refractivity contribution in [2.24, 2.45) is 5.73 Å². The zero-order valence-electron chi connectivity index (χ0n) is 13.6. The summed E-state index contributed by atoms with van der Waals surface area (Å²) in [6.07, 6.45) is -0.803. The van der Waals surface area contributed by atoms with Gasteiger partial charge in [-0.3, -0.25) is 9.36 Å². The van der Waals surface area contributed by atoms with Gasteiger partial charge in [-0.25, -0.2) is 0 Å². The Labute approximate surface area is 144 Å². The van der Waals surface area contributed by atoms with Crippen LogP contribution in [-0.4, -0.2) is 32.0 Å². The summed E-state index contributed by atoms with van der Waals surface area (Å²) in [4.78, 5) is 29.5. The van der Waals surface area contributed by atoms with Crippen molar-refractivity contribution in [3.8, 4) is 16.9 Å². The number of rotatable bonds is 6. The Morgan fingerprint density at radius 2 is 1.80 bits per heavy atom. The average molecular weight is 365 g/mol. The smallest absolute Gasteiger partial charge is 0.330 e. The van der Waals surface area contributed by atoms with Crippen LogP contribution in [0.3, 0.4) is 0 Å². The summed E-state index contributed by atoms with van der Waals surface area (Å²) in [7, 11) is -4.42. The van der Waals surface area contributed by atoms with Crippen LogP contribution in [0.4, 0.5) is 0 Å². The van der Waals surface area contributed by atoms with Crippen molar-refractivity contribution < 1.29 is 29.4 Å². The van der Waals surface area contributed by atoms with Gasteiger partial charge in [-0.2, -0.15) is 0 Å². The number of aliphatic carboxylic acids is 1. The molecule has 0 bridgehead atoms. The van der Waals surface area contributed by atoms with Gasteiger partial charge >= 0.3 is 13.6 Å². The predicted molar refractivity (Wildman–Crippen MR) is 93.3 cm³/mol. The molecule has 0 fully saturated rings. The standard InChI is InChI=1S/C17H20NO6P/c1-10-4-2-3-5-14(10)11-6-12(8-15(18)17(20)21)16(19)13(7-11)9-25(22,23)24/h2-7,15,19H,8-9,18H2,1H3,(H,20,21)(H2,22,23,24)/t15-/m0/s1. The third-order valence-corrected chi connectivity index (χ3v) is 4.61. The van der Waals surface area contributed by atoms with E-state index in [2.05, 4.69) is 0 Å². The zero-order chi connectivity index (χ0) is 18.8. The maximum Gasteiger partial charge on any atom is 0.330 e. The molecule has 0 aromatic heterocycles. The molecule has 6 N–H and O–H groups in total. The van der Waals surface area contributed by atoms with Crippen molar-refractivity contribution in [1.82, 2.24) is 0 Å². The fourth-order valence-electron chi connectivity index (χ4n) is 2.63. The molecule has 0 unspecified atom stereocenters. The van der Waals surface area contributed by atoms with E-state index in [1.54, 1.807) is 6.07 Å². The minimum absolute atomic E-state index is 0.0571. The molecule has 0 spiro atoms. The molecule has 0 heterocycles. The van der Waals surface area contributed by atoms with E-state index < -0.39 is 25.8 Å². The maximum absolute atomic E-state index is 11.4. The molecule has 0 saturated carbocycles. The Hall–Kier alpha value is -2.18. The summed E-state index contributed by atoms with van der Waals surface area (Å²) >= 11 is 0. The van der Waals surface area contributed by atoms with E-state index in [0.29, 0.717) is 5.56 Å². The lowest BCUT2D eigenvalue weighted by atomic mass is 9.94. The number of carboxylic acids is 1. The van der Waals surface area contributed by atoms with Gasteiger partial charge in [0.15, 0.2) is 0 Å². The summed E-state index contributed by atoms with van der Waals surface area (Å²) in [5, 5.41) is 19.3. The van der Waals surface area contributed by atoms with Crippen LogP contribution >= 0.6 is 7.60 Å². The fourth-order valence-corrected chi connectivity index (χ4v) is 3.32. The topological polar surface area (TPSA) is 141 Å². The van der Waals surface area contributed by atoms with Crippen LogP contribution in [0.5, 0.6) is 5.75 Å². The highest BCUT2D eigenvalue weighted by molar-refractivity contribution is 7.50. The van der Waals surface area contributed by atoms with Crippen LogP contribution in [0.1, 0.15) is 16.7 Å². The second-order valence-electron chi connectivity index (χ2n) is 5.93. The molecule has 8 heteroatoms. The van der Waals surface area contributed by atoms with E-state index in [1.807, 2.05) is 31.2 Å². The highest BCUT2D eigenvalue weighted by atomic mass is 31.2. The first-order valence-electron chi connectivity index (χ1n) is 7.52. The van der Waals surface area contributed by atoms with Crippen LogP contribution in [-0.2, 0) is 21.9 Å². The lowest BCUT2D eigenvalue weighted by molar-refractivity contribution is -0.138. The number of phenols is 1. The molecule has 134 valence electrons. The molecule has 0 aliphatic carbocycles. The monoisotopic (exact) mass is 365 g/mol. The second kappa shape index (κ2) is 7.37. The van der Waals surface area contributed by atoms with Crippen molar-refractivity contribution in [2.75, 3.05) is 0 Å². The number of phenolic OH excluding ortho intramolecular Hbond substituents is 1. The van der Waals surface area contributed by atoms with Gasteiger partial charge < -0.3 is 25.7 Å². The maximum atomic E-state index is 11.4. The van der Waals surface area contributed by atoms with E-state index >= 15 is 0 Å². The van der Waals surface area contributed by atoms with Crippen LogP contribution in [0.25, 0.3) is 11.1 Å². The van der Waals surface area contributed by atoms with Gasteiger partial charge in [0.2, 0.25) is 0 Å². The van der Waals surface area contributed by atoms with Crippen LogP contribution in [0, 0.1) is 6.92 Å². The van der Waals surface area contributed by atoms with Crippen LogP contribution in [0.15, 0.2) is 36.4 Å². The minimum Gasteiger partial charge on any atom is -0.507 e. The third-order valence-electron chi connectivity index (χ3n) is 3.86. The first-order valence-corrected chi connectivity index (χ1v) is 9.32. The van der Waals surface area contributed by atoms with E-state index in [-0.39, 0.29) is 23.3 Å². The number of hydrogen-bond donors (Lipinski definition) is 5. The van der Waals surface area contributed by atoms with E-state index in [0.717, 1.165) is 11.1 Å². The molecular formula is C17H20NO6P. The molecule has 0 aliphatic heterocycles. The van der Waals surface area contributed by atoms with Crippen LogP contribution in [0.2, 0.25) is 0 Å². The van der Waals surface area contributed by atoms with Gasteiger partial charge in [-0.1, -0.05) is 24.3 Å². The number of benzene rings is 2. The van der Waals surface area contributed by atoms with E-state index in [1.165, 1.54) is 6.07 Å². The molecule has 7 nitrogen and oxygen atoms in total. The quantitative estimate of drug-likeness (QED) is 0.493. The Morgan fingerprint density at radius 1 is 1.20 bits per heavy atom. The summed E-state index contributed by atoms with van der Waals surface area (Å²) in [5.74, 6) is -1.56. The molecule has 2 aromatic rings. The van der Waals surface area contributed by atoms with Crippen molar-refractivity contribution in [3.63, 3.8) is 0 Å². The summed E-state index contributed by atoms with van der Waals surface area (Å²) in [6.45, 7) is 1.88. The van der Waals surface area contributed by atoms with Gasteiger partial charge in [0.1, 0.15) is 11.8 Å². The second-order valence-corrected chi connectivity index (χ2v) is 7.58. The number of aromatic hydroxyl groups is 1. The first-order chi connectivity index (χ1) is 11.6. The van der Waals surface area contributed by atoms with Gasteiger partial charge in [0.05, 0.1) is 6.16 Å². The predicted octanol–water partition coefficient (Wildman–Crippen LogP) is 2.00. The van der Waals surface area contributed by atoms with Crippen LogP contribution < -0.4 is 5.73 Å². The Balaban J connectivity index is 2.60. The van der Waals surface area contributed by atoms with Crippen molar-refractivity contribution in [1.29, 1.82) is 0 Å². The van der Waals surface area contributed by atoms with Gasteiger partial charge in [-0.05, 0) is 41.3 Å². The van der Waals surface area contributed by atoms with Crippen molar-refractivity contribution >= 4 is 13.6 Å². The number of aryl methyl sites for hydroxylation is 1. The Morgan fingerprint density at radius 3 is 2.36 bits per heavy atom.